The van der Waals surface area contributed by atoms with Crippen LogP contribution in [-0.2, 0) is 14.3 Å². The van der Waals surface area contributed by atoms with Gasteiger partial charge in [0.25, 0.3) is 0 Å². The Morgan fingerprint density at radius 3 is 2.44 bits per heavy atom. The summed E-state index contributed by atoms with van der Waals surface area (Å²) in [5.74, 6) is -3.28. The molecule has 0 heterocycles. The molecule has 4 nitrogen and oxygen atoms in total. The quantitative estimate of drug-likeness (QED) is 0.772. The number of hydrogen-bond donors (Lipinski definition) is 1. The third-order valence-electron chi connectivity index (χ3n) is 2.94. The van der Waals surface area contributed by atoms with Gasteiger partial charge < -0.3 is 10.1 Å². The average molecular weight is 263 g/mol. The van der Waals surface area contributed by atoms with Gasteiger partial charge >= 0.3 is 5.97 Å². The van der Waals surface area contributed by atoms with Crippen LogP contribution in [0, 0.1) is 0 Å². The fourth-order valence-corrected chi connectivity index (χ4v) is 1.93. The summed E-state index contributed by atoms with van der Waals surface area (Å²) in [5.41, 5.74) is 0. The normalized spacial score (nSPS) is 19.3. The molecule has 0 atom stereocenters. The van der Waals surface area contributed by atoms with E-state index in [1.54, 1.807) is 6.92 Å². The summed E-state index contributed by atoms with van der Waals surface area (Å²) in [6.07, 6.45) is 0.288. The van der Waals surface area contributed by atoms with E-state index in [1.165, 1.54) is 0 Å². The zero-order valence-corrected chi connectivity index (χ0v) is 10.5. The van der Waals surface area contributed by atoms with Crippen LogP contribution < -0.4 is 5.32 Å². The minimum atomic E-state index is -2.59. The molecule has 6 heteroatoms. The molecule has 1 aliphatic rings. The predicted molar refractivity (Wildman–Crippen MR) is 61.2 cm³/mol. The molecule has 1 fully saturated rings. The van der Waals surface area contributed by atoms with Gasteiger partial charge in [0.1, 0.15) is 0 Å². The molecule has 0 aromatic carbocycles. The Labute approximate surface area is 105 Å². The topological polar surface area (TPSA) is 55.4 Å². The number of esters is 1. The van der Waals surface area contributed by atoms with Gasteiger partial charge in [0, 0.05) is 25.3 Å². The first kappa shape index (κ1) is 14.9. The van der Waals surface area contributed by atoms with E-state index in [9.17, 15) is 18.4 Å². The lowest BCUT2D eigenvalue weighted by Gasteiger charge is -2.28. The van der Waals surface area contributed by atoms with Gasteiger partial charge in [-0.15, -0.1) is 0 Å². The highest BCUT2D eigenvalue weighted by atomic mass is 19.3. The maximum Gasteiger partial charge on any atom is 0.306 e. The Balaban J connectivity index is 2.19. The number of ether oxygens (including phenoxy) is 1. The summed E-state index contributed by atoms with van der Waals surface area (Å²) in [5, 5.41) is 2.67. The smallest absolute Gasteiger partial charge is 0.306 e. The van der Waals surface area contributed by atoms with Crippen LogP contribution in [0.15, 0.2) is 0 Å². The number of carbonyl (C=O) groups is 2. The summed E-state index contributed by atoms with van der Waals surface area (Å²) in [4.78, 5) is 22.5. The maximum absolute atomic E-state index is 12.9. The maximum atomic E-state index is 12.9. The van der Waals surface area contributed by atoms with Crippen LogP contribution in [0.3, 0.4) is 0 Å². The number of amides is 1. The molecule has 1 aliphatic carbocycles. The monoisotopic (exact) mass is 263 g/mol. The summed E-state index contributed by atoms with van der Waals surface area (Å²) < 4.78 is 30.5. The largest absolute Gasteiger partial charge is 0.466 e. The lowest BCUT2D eigenvalue weighted by atomic mass is 9.92. The molecule has 104 valence electrons. The van der Waals surface area contributed by atoms with Crippen molar-refractivity contribution in [3.63, 3.8) is 0 Å². The Bertz CT molecular complexity index is 298. The van der Waals surface area contributed by atoms with E-state index in [1.807, 2.05) is 0 Å². The van der Waals surface area contributed by atoms with Crippen LogP contribution in [0.5, 0.6) is 0 Å². The summed E-state index contributed by atoms with van der Waals surface area (Å²) >= 11 is 0. The van der Waals surface area contributed by atoms with E-state index in [2.05, 4.69) is 5.32 Å². The van der Waals surface area contributed by atoms with Gasteiger partial charge in [0.05, 0.1) is 13.0 Å². The number of halogens is 2. The molecule has 0 aromatic heterocycles. The third kappa shape index (κ3) is 5.42. The van der Waals surface area contributed by atoms with Gasteiger partial charge in [0.15, 0.2) is 0 Å². The number of alkyl halides is 2. The Morgan fingerprint density at radius 1 is 1.28 bits per heavy atom. The second-order valence-electron chi connectivity index (χ2n) is 4.50. The predicted octanol–water partition coefficient (Wildman–Crippen LogP) is 2.02. The van der Waals surface area contributed by atoms with Crippen molar-refractivity contribution in [3.05, 3.63) is 0 Å². The van der Waals surface area contributed by atoms with Gasteiger partial charge in [-0.25, -0.2) is 8.78 Å². The van der Waals surface area contributed by atoms with E-state index in [-0.39, 0.29) is 57.1 Å². The molecular formula is C12H19F2NO3. The van der Waals surface area contributed by atoms with Crippen LogP contribution in [0.4, 0.5) is 8.78 Å². The van der Waals surface area contributed by atoms with E-state index in [0.29, 0.717) is 0 Å². The van der Waals surface area contributed by atoms with Gasteiger partial charge in [-0.05, 0) is 19.8 Å². The molecule has 1 amide bonds. The second kappa shape index (κ2) is 6.66. The first-order valence-electron chi connectivity index (χ1n) is 6.26. The molecule has 1 saturated carbocycles. The van der Waals surface area contributed by atoms with Crippen molar-refractivity contribution in [1.29, 1.82) is 0 Å². The highest BCUT2D eigenvalue weighted by Gasteiger charge is 2.35. The molecule has 1 N–H and O–H groups in total. The zero-order valence-electron chi connectivity index (χ0n) is 10.5. The Kier molecular flexibility index (Phi) is 5.50. The highest BCUT2D eigenvalue weighted by Crippen LogP contribution is 2.32. The standard InChI is InChI=1S/C12H19F2NO3/c1-2-18-11(17)4-3-10(16)15-9-5-7-12(13,14)8-6-9/h9H,2-8H2,1H3,(H,15,16). The third-order valence-corrected chi connectivity index (χ3v) is 2.94. The number of nitrogens with one attached hydrogen (secondary N) is 1. The number of hydrogen-bond acceptors (Lipinski definition) is 3. The lowest BCUT2D eigenvalue weighted by molar-refractivity contribution is -0.144. The molecule has 0 bridgehead atoms. The van der Waals surface area contributed by atoms with Crippen molar-refractivity contribution in [3.8, 4) is 0 Å². The van der Waals surface area contributed by atoms with E-state index in [4.69, 9.17) is 4.74 Å². The van der Waals surface area contributed by atoms with Crippen LogP contribution in [0.1, 0.15) is 45.4 Å². The fourth-order valence-electron chi connectivity index (χ4n) is 1.93. The summed E-state index contributed by atoms with van der Waals surface area (Å²) in [6.45, 7) is 1.98. The Morgan fingerprint density at radius 2 is 1.89 bits per heavy atom. The minimum absolute atomic E-state index is 0.0303. The average Bonchev–Trinajstić information content (AvgIpc) is 2.30. The van der Waals surface area contributed by atoms with Crippen LogP contribution >= 0.6 is 0 Å². The van der Waals surface area contributed by atoms with Crippen molar-refractivity contribution < 1.29 is 23.1 Å². The molecule has 0 saturated heterocycles. The van der Waals surface area contributed by atoms with Crippen LogP contribution in [0.2, 0.25) is 0 Å². The Hall–Kier alpha value is -1.20. The first-order valence-corrected chi connectivity index (χ1v) is 6.26. The number of carbonyl (C=O) groups excluding carboxylic acids is 2. The van der Waals surface area contributed by atoms with Gasteiger partial charge in [0.2, 0.25) is 11.8 Å². The van der Waals surface area contributed by atoms with Gasteiger partial charge in [-0.3, -0.25) is 9.59 Å². The molecule has 0 spiro atoms. The first-order chi connectivity index (χ1) is 8.43. The second-order valence-corrected chi connectivity index (χ2v) is 4.50. The van der Waals surface area contributed by atoms with Gasteiger partial charge in [-0.1, -0.05) is 0 Å². The summed E-state index contributed by atoms with van der Waals surface area (Å²) in [6, 6.07) is -0.195. The van der Waals surface area contributed by atoms with Crippen LogP contribution in [-0.4, -0.2) is 30.4 Å². The van der Waals surface area contributed by atoms with E-state index in [0.717, 1.165) is 0 Å². The molecule has 0 aliphatic heterocycles. The SMILES string of the molecule is CCOC(=O)CCC(=O)NC1CCC(F)(F)CC1. The van der Waals surface area contributed by atoms with Crippen molar-refractivity contribution in [1.82, 2.24) is 5.32 Å². The molecular weight excluding hydrogens is 244 g/mol. The van der Waals surface area contributed by atoms with Crippen molar-refractivity contribution in [2.24, 2.45) is 0 Å². The molecule has 0 unspecified atom stereocenters. The fraction of sp³-hybridized carbons (Fsp3) is 0.833. The van der Waals surface area contributed by atoms with Crippen molar-refractivity contribution >= 4 is 11.9 Å². The molecule has 0 aromatic rings. The van der Waals surface area contributed by atoms with Crippen molar-refractivity contribution in [2.75, 3.05) is 6.61 Å². The van der Waals surface area contributed by atoms with Crippen molar-refractivity contribution in [2.45, 2.75) is 57.4 Å². The number of rotatable bonds is 5. The van der Waals surface area contributed by atoms with E-state index >= 15 is 0 Å². The van der Waals surface area contributed by atoms with Crippen LogP contribution in [0.25, 0.3) is 0 Å². The highest BCUT2D eigenvalue weighted by molar-refractivity contribution is 5.81. The minimum Gasteiger partial charge on any atom is -0.466 e. The molecule has 0 radical (unpaired) electrons. The van der Waals surface area contributed by atoms with E-state index < -0.39 is 11.9 Å². The molecule has 18 heavy (non-hydrogen) atoms. The van der Waals surface area contributed by atoms with Gasteiger partial charge in [-0.2, -0.15) is 0 Å². The molecule has 1 rings (SSSR count). The summed E-state index contributed by atoms with van der Waals surface area (Å²) in [7, 11) is 0. The zero-order chi connectivity index (χ0) is 13.6. The lowest BCUT2D eigenvalue weighted by Crippen LogP contribution is -2.40.